The number of aliphatic carboxylic acids is 1. The second-order valence-electron chi connectivity index (χ2n) is 6.15. The predicted octanol–water partition coefficient (Wildman–Crippen LogP) is 2.16. The molecule has 6 nitrogen and oxygen atoms in total. The lowest BCUT2D eigenvalue weighted by atomic mass is 9.87. The minimum Gasteiger partial charge on any atom is -0.481 e. The van der Waals surface area contributed by atoms with E-state index in [1.165, 1.54) is 0 Å². The normalized spacial score (nSPS) is 12.5. The standard InChI is InChI=1S/C15H28N2O4/c1-5-6-8-21-9-7-16-14(20)17-12(10-13(18)19)11-15(2,3)4/h5,12H,1,6-11H2,2-4H3,(H,18,19)(H2,16,17,20). The van der Waals surface area contributed by atoms with E-state index in [4.69, 9.17) is 9.84 Å². The summed E-state index contributed by atoms with van der Waals surface area (Å²) >= 11 is 0. The van der Waals surface area contributed by atoms with Gasteiger partial charge in [-0.25, -0.2) is 4.79 Å². The minimum absolute atomic E-state index is 0.0544. The molecular formula is C15H28N2O4. The molecule has 0 saturated carbocycles. The van der Waals surface area contributed by atoms with Crippen LogP contribution in [0.3, 0.4) is 0 Å². The fraction of sp³-hybridized carbons (Fsp3) is 0.733. The minimum atomic E-state index is -0.919. The van der Waals surface area contributed by atoms with Crippen LogP contribution in [0.25, 0.3) is 0 Å². The number of hydrogen-bond acceptors (Lipinski definition) is 3. The summed E-state index contributed by atoms with van der Waals surface area (Å²) in [6.45, 7) is 11.0. The number of ether oxygens (including phenoxy) is 1. The summed E-state index contributed by atoms with van der Waals surface area (Å²) in [5.74, 6) is -0.919. The third kappa shape index (κ3) is 13.2. The summed E-state index contributed by atoms with van der Waals surface area (Å²) in [4.78, 5) is 22.6. The lowest BCUT2D eigenvalue weighted by molar-refractivity contribution is -0.137. The third-order valence-electron chi connectivity index (χ3n) is 2.61. The van der Waals surface area contributed by atoms with Crippen LogP contribution in [0.1, 0.15) is 40.0 Å². The zero-order valence-electron chi connectivity index (χ0n) is 13.3. The highest BCUT2D eigenvalue weighted by Crippen LogP contribution is 2.22. The van der Waals surface area contributed by atoms with Gasteiger partial charge >= 0.3 is 12.0 Å². The van der Waals surface area contributed by atoms with Crippen LogP contribution in [0.15, 0.2) is 12.7 Å². The van der Waals surface area contributed by atoms with Gasteiger partial charge in [0.15, 0.2) is 0 Å². The number of amides is 2. The first-order valence-corrected chi connectivity index (χ1v) is 7.19. The number of carbonyl (C=O) groups is 2. The Hall–Kier alpha value is -1.56. The van der Waals surface area contributed by atoms with Crippen molar-refractivity contribution < 1.29 is 19.4 Å². The molecule has 0 aromatic carbocycles. The summed E-state index contributed by atoms with van der Waals surface area (Å²) in [6.07, 6.45) is 3.06. The van der Waals surface area contributed by atoms with Crippen molar-refractivity contribution in [1.29, 1.82) is 0 Å². The molecule has 0 bridgehead atoms. The molecule has 0 radical (unpaired) electrons. The zero-order valence-corrected chi connectivity index (χ0v) is 13.3. The number of urea groups is 1. The lowest BCUT2D eigenvalue weighted by Gasteiger charge is -2.25. The summed E-state index contributed by atoms with van der Waals surface area (Å²) in [6, 6.07) is -0.748. The molecule has 3 N–H and O–H groups in total. The Morgan fingerprint density at radius 1 is 1.33 bits per heavy atom. The first kappa shape index (κ1) is 19.4. The molecule has 0 aromatic heterocycles. The van der Waals surface area contributed by atoms with Crippen molar-refractivity contribution >= 4 is 12.0 Å². The van der Waals surface area contributed by atoms with E-state index in [2.05, 4.69) is 17.2 Å². The maximum absolute atomic E-state index is 11.7. The van der Waals surface area contributed by atoms with Crippen LogP contribution < -0.4 is 10.6 Å². The molecule has 0 aliphatic carbocycles. The topological polar surface area (TPSA) is 87.7 Å². The smallest absolute Gasteiger partial charge is 0.315 e. The number of hydrogen-bond donors (Lipinski definition) is 3. The van der Waals surface area contributed by atoms with Gasteiger partial charge < -0.3 is 20.5 Å². The lowest BCUT2D eigenvalue weighted by Crippen LogP contribution is -2.45. The van der Waals surface area contributed by atoms with Crippen molar-refractivity contribution in [2.75, 3.05) is 19.8 Å². The zero-order chi connectivity index (χ0) is 16.3. The van der Waals surface area contributed by atoms with Gasteiger partial charge in [-0.2, -0.15) is 0 Å². The monoisotopic (exact) mass is 300 g/mol. The van der Waals surface area contributed by atoms with Crippen molar-refractivity contribution in [1.82, 2.24) is 10.6 Å². The van der Waals surface area contributed by atoms with Crippen LogP contribution in [0, 0.1) is 5.41 Å². The van der Waals surface area contributed by atoms with Crippen LogP contribution in [0.4, 0.5) is 4.79 Å². The molecule has 0 aliphatic heterocycles. The largest absolute Gasteiger partial charge is 0.481 e. The third-order valence-corrected chi connectivity index (χ3v) is 2.61. The fourth-order valence-corrected chi connectivity index (χ4v) is 1.87. The number of carboxylic acids is 1. The maximum atomic E-state index is 11.7. The fourth-order valence-electron chi connectivity index (χ4n) is 1.87. The molecule has 21 heavy (non-hydrogen) atoms. The van der Waals surface area contributed by atoms with E-state index in [1.54, 1.807) is 6.08 Å². The van der Waals surface area contributed by atoms with Crippen LogP contribution in [0.2, 0.25) is 0 Å². The van der Waals surface area contributed by atoms with Crippen LogP contribution in [-0.4, -0.2) is 42.9 Å². The van der Waals surface area contributed by atoms with Crippen LogP contribution >= 0.6 is 0 Å². The molecule has 6 heteroatoms. The molecule has 0 saturated heterocycles. The van der Waals surface area contributed by atoms with Gasteiger partial charge in [0.2, 0.25) is 0 Å². The van der Waals surface area contributed by atoms with Gasteiger partial charge in [-0.3, -0.25) is 4.79 Å². The molecule has 0 aliphatic rings. The quantitative estimate of drug-likeness (QED) is 0.426. The molecule has 0 fully saturated rings. The van der Waals surface area contributed by atoms with E-state index in [1.807, 2.05) is 20.8 Å². The molecule has 0 heterocycles. The molecule has 0 rings (SSSR count). The van der Waals surface area contributed by atoms with Gasteiger partial charge in [0, 0.05) is 12.6 Å². The molecule has 1 atom stereocenters. The number of rotatable bonds is 10. The van der Waals surface area contributed by atoms with Gasteiger partial charge in [-0.05, 0) is 18.3 Å². The first-order valence-electron chi connectivity index (χ1n) is 7.19. The van der Waals surface area contributed by atoms with Crippen molar-refractivity contribution in [3.63, 3.8) is 0 Å². The van der Waals surface area contributed by atoms with E-state index in [-0.39, 0.29) is 23.9 Å². The Kier molecular flexibility index (Phi) is 9.45. The average Bonchev–Trinajstić information content (AvgIpc) is 2.30. The number of nitrogens with one attached hydrogen (secondary N) is 2. The second-order valence-corrected chi connectivity index (χ2v) is 6.15. The Morgan fingerprint density at radius 2 is 2.00 bits per heavy atom. The summed E-state index contributed by atoms with van der Waals surface area (Å²) in [5, 5.41) is 14.3. The van der Waals surface area contributed by atoms with E-state index >= 15 is 0 Å². The van der Waals surface area contributed by atoms with Crippen molar-refractivity contribution in [3.05, 3.63) is 12.7 Å². The highest BCUT2D eigenvalue weighted by atomic mass is 16.5. The molecule has 1 unspecified atom stereocenters. The molecule has 0 spiro atoms. The van der Waals surface area contributed by atoms with Gasteiger partial charge in [0.1, 0.15) is 0 Å². The highest BCUT2D eigenvalue weighted by Gasteiger charge is 2.22. The molecule has 2 amide bonds. The van der Waals surface area contributed by atoms with Crippen molar-refractivity contribution in [3.8, 4) is 0 Å². The van der Waals surface area contributed by atoms with E-state index < -0.39 is 5.97 Å². The Bertz CT molecular complexity index is 337. The Balaban J connectivity index is 4.04. The van der Waals surface area contributed by atoms with Crippen LogP contribution in [0.5, 0.6) is 0 Å². The van der Waals surface area contributed by atoms with Gasteiger partial charge in [-0.15, -0.1) is 6.58 Å². The van der Waals surface area contributed by atoms with Gasteiger partial charge in [-0.1, -0.05) is 26.8 Å². The van der Waals surface area contributed by atoms with E-state index in [0.29, 0.717) is 26.2 Å². The maximum Gasteiger partial charge on any atom is 0.315 e. The Morgan fingerprint density at radius 3 is 2.52 bits per heavy atom. The van der Waals surface area contributed by atoms with Crippen LogP contribution in [-0.2, 0) is 9.53 Å². The summed E-state index contributed by atoms with van der Waals surface area (Å²) in [5.41, 5.74) is -0.0544. The molecular weight excluding hydrogens is 272 g/mol. The van der Waals surface area contributed by atoms with Gasteiger partial charge in [0.05, 0.1) is 19.6 Å². The van der Waals surface area contributed by atoms with Crippen molar-refractivity contribution in [2.45, 2.75) is 46.1 Å². The predicted molar refractivity (Wildman–Crippen MR) is 82.3 cm³/mol. The second kappa shape index (κ2) is 10.2. The van der Waals surface area contributed by atoms with Gasteiger partial charge in [0.25, 0.3) is 0 Å². The molecule has 122 valence electrons. The average molecular weight is 300 g/mol. The highest BCUT2D eigenvalue weighted by molar-refractivity contribution is 5.75. The SMILES string of the molecule is C=CCCOCCNC(=O)NC(CC(=O)O)CC(C)(C)C. The van der Waals surface area contributed by atoms with E-state index in [9.17, 15) is 9.59 Å². The Labute approximate surface area is 126 Å². The number of carboxylic acid groups (broad SMARTS) is 1. The first-order chi connectivity index (χ1) is 9.74. The van der Waals surface area contributed by atoms with Crippen molar-refractivity contribution in [2.24, 2.45) is 5.41 Å². The molecule has 0 aromatic rings. The number of carbonyl (C=O) groups excluding carboxylic acids is 1. The summed E-state index contributed by atoms with van der Waals surface area (Å²) in [7, 11) is 0. The summed E-state index contributed by atoms with van der Waals surface area (Å²) < 4.78 is 5.27. The van der Waals surface area contributed by atoms with E-state index in [0.717, 1.165) is 6.42 Å².